The molecule has 0 spiro atoms. The van der Waals surface area contributed by atoms with E-state index < -0.39 is 18.6 Å². The minimum Gasteiger partial charge on any atom is -0.463 e. The molecule has 0 unspecified atom stereocenters. The molecular weight excluding hydrogens is 614 g/mol. The molecule has 1 aromatic heterocycles. The van der Waals surface area contributed by atoms with Crippen molar-refractivity contribution in [2.24, 2.45) is 7.05 Å². The fourth-order valence-electron chi connectivity index (χ4n) is 4.38. The molecular formula is C30H38ClF2N6O6+. The number of carbonyl (C=O) groups excluding carboxylic acids is 4. The van der Waals surface area contributed by atoms with Gasteiger partial charge in [0, 0.05) is 64.8 Å². The van der Waals surface area contributed by atoms with Gasteiger partial charge in [-0.3, -0.25) is 14.5 Å². The quantitative estimate of drug-likeness (QED) is 0.398. The SMILES string of the molecule is C=O.COC.Cn1c(-c2ccc(OCF)cc2F)cnc1C(=O)Nc1ccc(C(=O)N2CCN(C(=O)[N+](C)(C)C)CC2)c(Cl)c1. The first-order valence-electron chi connectivity index (χ1n) is 13.5. The largest absolute Gasteiger partial charge is 0.463 e. The van der Waals surface area contributed by atoms with Crippen LogP contribution >= 0.6 is 11.6 Å². The zero-order valence-corrected chi connectivity index (χ0v) is 26.9. The highest BCUT2D eigenvalue weighted by atomic mass is 35.5. The van der Waals surface area contributed by atoms with E-state index in [-0.39, 0.29) is 44.1 Å². The van der Waals surface area contributed by atoms with E-state index in [9.17, 15) is 23.2 Å². The Morgan fingerprint density at radius 2 is 1.62 bits per heavy atom. The molecule has 1 aliphatic rings. The van der Waals surface area contributed by atoms with Gasteiger partial charge in [0.25, 0.3) is 11.8 Å². The average Bonchev–Trinajstić information content (AvgIpc) is 3.38. The van der Waals surface area contributed by atoms with Gasteiger partial charge < -0.3 is 29.1 Å². The van der Waals surface area contributed by atoms with Gasteiger partial charge >= 0.3 is 6.03 Å². The third-order valence-corrected chi connectivity index (χ3v) is 6.81. The van der Waals surface area contributed by atoms with Crippen LogP contribution in [-0.2, 0) is 16.6 Å². The van der Waals surface area contributed by atoms with E-state index in [4.69, 9.17) is 16.4 Å². The number of alkyl halides is 1. The maximum absolute atomic E-state index is 14.6. The third kappa shape index (κ3) is 9.30. The Morgan fingerprint density at radius 1 is 1.02 bits per heavy atom. The van der Waals surface area contributed by atoms with Crippen molar-refractivity contribution in [1.82, 2.24) is 19.4 Å². The molecule has 0 bridgehead atoms. The molecule has 2 heterocycles. The summed E-state index contributed by atoms with van der Waals surface area (Å²) in [5.74, 6) is -1.44. The Bertz CT molecular complexity index is 1490. The third-order valence-electron chi connectivity index (χ3n) is 6.50. The van der Waals surface area contributed by atoms with Crippen LogP contribution in [-0.4, -0.2) is 117 Å². The van der Waals surface area contributed by atoms with Crippen molar-refractivity contribution in [3.05, 3.63) is 64.8 Å². The molecule has 1 fully saturated rings. The number of aromatic nitrogens is 2. The summed E-state index contributed by atoms with van der Waals surface area (Å²) in [7, 11) is 10.2. The van der Waals surface area contributed by atoms with Crippen molar-refractivity contribution < 1.29 is 41.9 Å². The van der Waals surface area contributed by atoms with E-state index in [1.807, 2.05) is 6.79 Å². The van der Waals surface area contributed by atoms with Crippen LogP contribution in [0.25, 0.3) is 11.3 Å². The van der Waals surface area contributed by atoms with Gasteiger partial charge in [0.2, 0.25) is 6.86 Å². The van der Waals surface area contributed by atoms with Gasteiger partial charge in [-0.15, -0.1) is 0 Å². The standard InChI is InChI=1S/C27H29ClF2N6O4.C2H6O.CH2O/c1-33-23(20-8-6-18(40-16-29)14-22(20)30)15-31-24(33)25(37)32-17-5-7-19(21(28)13-17)26(38)34-9-11-35(12-10-34)27(39)36(2,3)4;1-3-2;1-2/h5-8,13-15H,9-12,16H2,1-4H3;1-2H3;1H2/p+1. The van der Waals surface area contributed by atoms with Gasteiger partial charge in [-0.25, -0.2) is 23.0 Å². The summed E-state index contributed by atoms with van der Waals surface area (Å²) in [4.78, 5) is 54.0. The van der Waals surface area contributed by atoms with Crippen molar-refractivity contribution in [3.8, 4) is 17.0 Å². The molecule has 3 aromatic rings. The number of imidazole rings is 1. The fourth-order valence-corrected chi connectivity index (χ4v) is 4.64. The number of quaternary nitrogens is 1. The number of benzene rings is 2. The summed E-state index contributed by atoms with van der Waals surface area (Å²) >= 11 is 6.42. The van der Waals surface area contributed by atoms with Crippen LogP contribution in [0.3, 0.4) is 0 Å². The van der Waals surface area contributed by atoms with E-state index in [1.165, 1.54) is 35.0 Å². The monoisotopic (exact) mass is 651 g/mol. The zero-order valence-electron chi connectivity index (χ0n) is 26.1. The van der Waals surface area contributed by atoms with Gasteiger partial charge in [0.05, 0.1) is 43.6 Å². The van der Waals surface area contributed by atoms with Crippen molar-refractivity contribution in [3.63, 3.8) is 0 Å². The molecule has 0 atom stereocenters. The van der Waals surface area contributed by atoms with Crippen LogP contribution < -0.4 is 10.1 Å². The van der Waals surface area contributed by atoms with Crippen molar-refractivity contribution in [2.45, 2.75) is 0 Å². The Labute approximate surface area is 265 Å². The van der Waals surface area contributed by atoms with Crippen LogP contribution in [0.1, 0.15) is 21.0 Å². The Hall–Kier alpha value is -4.40. The maximum atomic E-state index is 14.6. The zero-order chi connectivity index (χ0) is 33.9. The number of piperazine rings is 1. The Kier molecular flexibility index (Phi) is 13.6. The molecule has 0 saturated carbocycles. The molecule has 12 nitrogen and oxygen atoms in total. The summed E-state index contributed by atoms with van der Waals surface area (Å²) in [6.45, 7) is 2.54. The molecule has 1 aliphatic heterocycles. The maximum Gasteiger partial charge on any atom is 0.418 e. The second-order valence-corrected chi connectivity index (χ2v) is 11.0. The van der Waals surface area contributed by atoms with Crippen LogP contribution in [0.5, 0.6) is 5.75 Å². The first kappa shape index (κ1) is 36.8. The average molecular weight is 652 g/mol. The number of nitrogens with zero attached hydrogens (tertiary/aromatic N) is 5. The van der Waals surface area contributed by atoms with Gasteiger partial charge in [-0.2, -0.15) is 0 Å². The van der Waals surface area contributed by atoms with Gasteiger partial charge in [0.15, 0.2) is 5.82 Å². The number of nitrogens with one attached hydrogen (secondary N) is 1. The number of anilines is 1. The lowest BCUT2D eigenvalue weighted by Crippen LogP contribution is -2.57. The number of urea groups is 1. The molecule has 0 aliphatic carbocycles. The molecule has 0 radical (unpaired) electrons. The second kappa shape index (κ2) is 16.6. The van der Waals surface area contributed by atoms with Crippen molar-refractivity contribution in [1.29, 1.82) is 0 Å². The molecule has 15 heteroatoms. The number of methoxy groups -OCH3 is 1. The van der Waals surface area contributed by atoms with Crippen LogP contribution in [0, 0.1) is 5.82 Å². The lowest BCUT2D eigenvalue weighted by atomic mass is 10.1. The number of hydrogen-bond acceptors (Lipinski definition) is 7. The summed E-state index contributed by atoms with van der Waals surface area (Å²) in [5.41, 5.74) is 1.11. The molecule has 4 rings (SSSR count). The summed E-state index contributed by atoms with van der Waals surface area (Å²) in [5, 5.41) is 2.85. The number of amides is 4. The van der Waals surface area contributed by atoms with Crippen LogP contribution in [0.15, 0.2) is 42.6 Å². The van der Waals surface area contributed by atoms with Crippen molar-refractivity contribution in [2.75, 3.05) is 73.7 Å². The van der Waals surface area contributed by atoms with E-state index in [1.54, 1.807) is 58.3 Å². The second-order valence-electron chi connectivity index (χ2n) is 10.6. The number of carbonyl (C=O) groups is 4. The number of halogens is 3. The minimum atomic E-state index is -1.08. The Balaban J connectivity index is 0.00000133. The summed E-state index contributed by atoms with van der Waals surface area (Å²) in [6.07, 6.45) is 1.35. The Morgan fingerprint density at radius 3 is 2.16 bits per heavy atom. The number of rotatable bonds is 6. The topological polar surface area (TPSA) is 123 Å². The van der Waals surface area contributed by atoms with E-state index in [0.717, 1.165) is 6.07 Å². The van der Waals surface area contributed by atoms with Crippen molar-refractivity contribution >= 4 is 41.9 Å². The van der Waals surface area contributed by atoms with Gasteiger partial charge in [0.1, 0.15) is 18.4 Å². The van der Waals surface area contributed by atoms with E-state index in [2.05, 4.69) is 19.8 Å². The van der Waals surface area contributed by atoms with Crippen LogP contribution in [0.4, 0.5) is 19.3 Å². The normalized spacial score (nSPS) is 12.7. The number of hydrogen-bond donors (Lipinski definition) is 1. The number of ether oxygens (including phenoxy) is 2. The molecule has 1 N–H and O–H groups in total. The van der Waals surface area contributed by atoms with E-state index >= 15 is 0 Å². The highest BCUT2D eigenvalue weighted by Gasteiger charge is 2.32. The highest BCUT2D eigenvalue weighted by Crippen LogP contribution is 2.28. The minimum absolute atomic E-state index is 0.0102. The summed E-state index contributed by atoms with van der Waals surface area (Å²) in [6, 6.07) is 8.42. The lowest BCUT2D eigenvalue weighted by molar-refractivity contribution is -0.790. The lowest BCUT2D eigenvalue weighted by Gasteiger charge is -2.36. The molecule has 45 heavy (non-hydrogen) atoms. The van der Waals surface area contributed by atoms with Gasteiger partial charge in [-0.05, 0) is 30.3 Å². The van der Waals surface area contributed by atoms with E-state index in [0.29, 0.717) is 37.6 Å². The first-order valence-corrected chi connectivity index (χ1v) is 13.9. The van der Waals surface area contributed by atoms with Gasteiger partial charge in [-0.1, -0.05) is 11.6 Å². The first-order chi connectivity index (χ1) is 21.3. The molecule has 4 amide bonds. The predicted octanol–water partition coefficient (Wildman–Crippen LogP) is 4.10. The molecule has 1 saturated heterocycles. The van der Waals surface area contributed by atoms with Crippen LogP contribution in [0.2, 0.25) is 5.02 Å². The highest BCUT2D eigenvalue weighted by molar-refractivity contribution is 6.34. The summed E-state index contributed by atoms with van der Waals surface area (Å²) < 4.78 is 37.5. The molecule has 244 valence electrons. The smallest absolute Gasteiger partial charge is 0.418 e. The predicted molar refractivity (Wildman–Crippen MR) is 166 cm³/mol. The molecule has 2 aromatic carbocycles. The fraction of sp³-hybridized carbons (Fsp3) is 0.367.